The van der Waals surface area contributed by atoms with E-state index < -0.39 is 65.7 Å². The molecule has 7 nitrogen and oxygen atoms in total. The smallest absolute Gasteiger partial charge is 0.293 e. The van der Waals surface area contributed by atoms with Crippen molar-refractivity contribution in [3.63, 3.8) is 0 Å². The van der Waals surface area contributed by atoms with Crippen molar-refractivity contribution in [2.24, 2.45) is 5.92 Å². The summed E-state index contributed by atoms with van der Waals surface area (Å²) >= 11 is 0. The Kier molecular flexibility index (Phi) is 6.63. The lowest BCUT2D eigenvalue weighted by Crippen LogP contribution is -2.35. The van der Waals surface area contributed by atoms with Gasteiger partial charge in [-0.25, -0.2) is 27.5 Å². The van der Waals surface area contributed by atoms with Gasteiger partial charge in [0.1, 0.15) is 35.9 Å². The van der Waals surface area contributed by atoms with Crippen LogP contribution in [0, 0.1) is 17.6 Å². The van der Waals surface area contributed by atoms with E-state index in [9.17, 15) is 22.4 Å². The summed E-state index contributed by atoms with van der Waals surface area (Å²) in [6.07, 6.45) is 2.97. The van der Waals surface area contributed by atoms with Crippen molar-refractivity contribution in [3.8, 4) is 11.1 Å². The van der Waals surface area contributed by atoms with Gasteiger partial charge >= 0.3 is 0 Å². The predicted molar refractivity (Wildman–Crippen MR) is 146 cm³/mol. The highest BCUT2D eigenvalue weighted by molar-refractivity contribution is 5.87. The molecule has 1 amide bonds. The van der Waals surface area contributed by atoms with E-state index in [4.69, 9.17) is 0 Å². The Labute approximate surface area is 246 Å². The number of hydrogen-bond donors (Lipinski definition) is 1. The van der Waals surface area contributed by atoms with E-state index in [1.165, 1.54) is 12.5 Å². The minimum absolute atomic E-state index is 0.0889. The SMILES string of the molecule is O=C(Cn1nc(C(F)F)c2c1C(F)(F)C1CC21)N[C@@H](Cc1cc(F)cc(F)c1)c1ncncc1-c1ccc2cnccc2c1. The van der Waals surface area contributed by atoms with Gasteiger partial charge in [0.05, 0.1) is 11.7 Å². The lowest BCUT2D eigenvalue weighted by atomic mass is 9.95. The second-order valence-corrected chi connectivity index (χ2v) is 11.0. The average Bonchev–Trinajstić information content (AvgIpc) is 3.64. The highest BCUT2D eigenvalue weighted by Crippen LogP contribution is 2.68. The summed E-state index contributed by atoms with van der Waals surface area (Å²) in [6, 6.07) is 9.22. The first-order chi connectivity index (χ1) is 21.1. The number of benzene rings is 2. The van der Waals surface area contributed by atoms with E-state index in [-0.39, 0.29) is 29.7 Å². The summed E-state index contributed by atoms with van der Waals surface area (Å²) in [5.41, 5.74) is 0.0640. The van der Waals surface area contributed by atoms with Gasteiger partial charge in [-0.15, -0.1) is 0 Å². The van der Waals surface area contributed by atoms with Crippen LogP contribution in [-0.2, 0) is 23.7 Å². The van der Waals surface area contributed by atoms with Gasteiger partial charge in [-0.2, -0.15) is 13.9 Å². The molecule has 13 heteroatoms. The lowest BCUT2D eigenvalue weighted by Gasteiger charge is -2.22. The number of pyridine rings is 1. The number of halogens is 6. The molecule has 5 aromatic rings. The van der Waals surface area contributed by atoms with Crippen molar-refractivity contribution in [2.75, 3.05) is 0 Å². The van der Waals surface area contributed by atoms with Crippen LogP contribution in [0.1, 0.15) is 53.0 Å². The molecule has 224 valence electrons. The molecule has 0 bridgehead atoms. The molecule has 3 atom stereocenters. The van der Waals surface area contributed by atoms with E-state index in [2.05, 4.69) is 25.4 Å². The van der Waals surface area contributed by atoms with Gasteiger partial charge < -0.3 is 5.32 Å². The third-order valence-corrected chi connectivity index (χ3v) is 8.18. The summed E-state index contributed by atoms with van der Waals surface area (Å²) in [5.74, 6) is -7.68. The molecule has 2 aliphatic rings. The maximum Gasteiger partial charge on any atom is 0.293 e. The zero-order chi connectivity index (χ0) is 30.7. The number of alkyl halides is 4. The van der Waals surface area contributed by atoms with Gasteiger partial charge in [-0.05, 0) is 59.5 Å². The number of aromatic nitrogens is 5. The zero-order valence-electron chi connectivity index (χ0n) is 22.7. The van der Waals surface area contributed by atoms with E-state index in [0.717, 1.165) is 22.9 Å². The summed E-state index contributed by atoms with van der Waals surface area (Å²) in [6.45, 7) is -0.776. The van der Waals surface area contributed by atoms with Crippen LogP contribution in [0.2, 0.25) is 0 Å². The molecule has 7 rings (SSSR count). The predicted octanol–water partition coefficient (Wildman–Crippen LogP) is 6.41. The molecule has 0 spiro atoms. The maximum absolute atomic E-state index is 15.1. The van der Waals surface area contributed by atoms with Crippen molar-refractivity contribution in [2.45, 2.75) is 43.7 Å². The van der Waals surface area contributed by atoms with Crippen LogP contribution < -0.4 is 5.32 Å². The van der Waals surface area contributed by atoms with Crippen LogP contribution in [0.15, 0.2) is 67.4 Å². The average molecular weight is 609 g/mol. The standard InChI is InChI=1S/C31H22F6N6O/c32-19-5-15(6-20(33)9-19)7-24(27-22(12-39-14-40-27)17-1-2-18-11-38-4-3-16(18)8-17)41-25(44)13-43-29-26(28(42-43)30(34)35)21-10-23(21)31(29,36)37/h1-6,8-9,11-12,14,21,23-24,30H,7,10,13H2,(H,41,44)/t21?,23?,24-/m0/s1. The molecule has 44 heavy (non-hydrogen) atoms. The first kappa shape index (κ1) is 28.0. The first-order valence-corrected chi connectivity index (χ1v) is 13.8. The van der Waals surface area contributed by atoms with Crippen LogP contribution >= 0.6 is 0 Å². The Bertz CT molecular complexity index is 1910. The highest BCUT2D eigenvalue weighted by Gasteiger charge is 2.67. The van der Waals surface area contributed by atoms with Crippen LogP contribution in [-0.4, -0.2) is 30.6 Å². The molecule has 0 radical (unpaired) electrons. The molecule has 1 saturated carbocycles. The number of fused-ring (bicyclic) bond motifs is 4. The normalized spacial score (nSPS) is 18.7. The number of carbonyl (C=O) groups excluding carboxylic acids is 1. The van der Waals surface area contributed by atoms with Gasteiger partial charge in [-0.1, -0.05) is 12.1 Å². The Morgan fingerprint density at radius 1 is 1.00 bits per heavy atom. The number of amides is 1. The molecule has 1 fully saturated rings. The fraction of sp³-hybridized carbons (Fsp3) is 0.258. The number of hydrogen-bond acceptors (Lipinski definition) is 5. The fourth-order valence-corrected chi connectivity index (χ4v) is 6.22. The molecule has 1 N–H and O–H groups in total. The van der Waals surface area contributed by atoms with Gasteiger partial charge in [0.2, 0.25) is 5.91 Å². The first-order valence-electron chi connectivity index (χ1n) is 13.8. The number of carbonyl (C=O) groups is 1. The Hall–Kier alpha value is -4.81. The summed E-state index contributed by atoms with van der Waals surface area (Å²) < 4.78 is 86.6. The molecule has 2 aromatic carbocycles. The highest BCUT2D eigenvalue weighted by atomic mass is 19.3. The lowest BCUT2D eigenvalue weighted by molar-refractivity contribution is -0.123. The Morgan fingerprint density at radius 3 is 2.57 bits per heavy atom. The number of nitrogens with zero attached hydrogens (tertiary/aromatic N) is 5. The molecule has 0 saturated heterocycles. The molecule has 0 aliphatic heterocycles. The van der Waals surface area contributed by atoms with Crippen molar-refractivity contribution < 1.29 is 31.1 Å². The minimum atomic E-state index is -3.40. The van der Waals surface area contributed by atoms with Crippen molar-refractivity contribution >= 4 is 16.7 Å². The summed E-state index contributed by atoms with van der Waals surface area (Å²) in [7, 11) is 0. The van der Waals surface area contributed by atoms with E-state index >= 15 is 8.78 Å². The van der Waals surface area contributed by atoms with Crippen molar-refractivity contribution in [1.82, 2.24) is 30.0 Å². The monoisotopic (exact) mass is 608 g/mol. The van der Waals surface area contributed by atoms with Crippen LogP contribution in [0.3, 0.4) is 0 Å². The Balaban J connectivity index is 1.25. The topological polar surface area (TPSA) is 85.6 Å². The van der Waals surface area contributed by atoms with E-state index in [1.807, 2.05) is 18.2 Å². The summed E-state index contributed by atoms with van der Waals surface area (Å²) in [5, 5.41) is 8.18. The summed E-state index contributed by atoms with van der Waals surface area (Å²) in [4.78, 5) is 26.1. The van der Waals surface area contributed by atoms with Crippen molar-refractivity contribution in [3.05, 3.63) is 107 Å². The van der Waals surface area contributed by atoms with E-state index in [0.29, 0.717) is 21.9 Å². The van der Waals surface area contributed by atoms with E-state index in [1.54, 1.807) is 18.5 Å². The number of nitrogens with one attached hydrogen (secondary N) is 1. The van der Waals surface area contributed by atoms with Gasteiger partial charge in [0.25, 0.3) is 12.3 Å². The zero-order valence-corrected chi connectivity index (χ0v) is 22.7. The minimum Gasteiger partial charge on any atom is -0.346 e. The molecule has 3 heterocycles. The third kappa shape index (κ3) is 4.85. The van der Waals surface area contributed by atoms with Crippen LogP contribution in [0.25, 0.3) is 21.9 Å². The fourth-order valence-electron chi connectivity index (χ4n) is 6.22. The van der Waals surface area contributed by atoms with Gasteiger partial charge in [0, 0.05) is 47.1 Å². The second kappa shape index (κ2) is 10.4. The molecule has 3 aromatic heterocycles. The third-order valence-electron chi connectivity index (χ3n) is 8.18. The van der Waals surface area contributed by atoms with Crippen LogP contribution in [0.4, 0.5) is 26.3 Å². The largest absolute Gasteiger partial charge is 0.346 e. The number of rotatable bonds is 8. The van der Waals surface area contributed by atoms with Gasteiger partial charge in [-0.3, -0.25) is 14.5 Å². The molecule has 2 unspecified atom stereocenters. The van der Waals surface area contributed by atoms with Crippen LogP contribution in [0.5, 0.6) is 0 Å². The maximum atomic E-state index is 15.1. The van der Waals surface area contributed by atoms with Gasteiger partial charge in [0.15, 0.2) is 0 Å². The van der Waals surface area contributed by atoms with Crippen molar-refractivity contribution in [1.29, 1.82) is 0 Å². The molecule has 2 aliphatic carbocycles. The molecular formula is C31H22F6N6O. The quantitative estimate of drug-likeness (QED) is 0.206. The Morgan fingerprint density at radius 2 is 1.80 bits per heavy atom. The molecular weight excluding hydrogens is 586 g/mol. The second-order valence-electron chi connectivity index (χ2n) is 11.0.